The predicted molar refractivity (Wildman–Crippen MR) is 118 cm³/mol. The van der Waals surface area contributed by atoms with E-state index in [1.165, 1.54) is 4.90 Å². The molecule has 1 atom stereocenters. The van der Waals surface area contributed by atoms with Gasteiger partial charge in [-0.25, -0.2) is 4.79 Å². The molecule has 1 aliphatic rings. The summed E-state index contributed by atoms with van der Waals surface area (Å²) in [5.41, 5.74) is 2.85. The number of aromatic nitrogens is 1. The molecule has 0 spiro atoms. The second-order valence-corrected chi connectivity index (χ2v) is 8.68. The first-order chi connectivity index (χ1) is 14.8. The van der Waals surface area contributed by atoms with Crippen LogP contribution in [0, 0.1) is 0 Å². The summed E-state index contributed by atoms with van der Waals surface area (Å²) in [5, 5.41) is 10.8. The third-order valence-corrected chi connectivity index (χ3v) is 5.22. The van der Waals surface area contributed by atoms with Gasteiger partial charge in [-0.15, -0.1) is 0 Å². The minimum Gasteiger partial charge on any atom is -0.487 e. The molecule has 2 heterocycles. The molecule has 0 bridgehead atoms. The normalized spacial score (nSPS) is 15.7. The van der Waals surface area contributed by atoms with Gasteiger partial charge in [0.15, 0.2) is 6.29 Å². The summed E-state index contributed by atoms with van der Waals surface area (Å²) >= 11 is 0. The van der Waals surface area contributed by atoms with Crippen LogP contribution < -0.4 is 9.64 Å². The number of fused-ring (bicyclic) bond motifs is 3. The molecule has 1 amide bonds. The van der Waals surface area contributed by atoms with Gasteiger partial charge in [-0.3, -0.25) is 9.69 Å². The van der Waals surface area contributed by atoms with Crippen LogP contribution in [-0.4, -0.2) is 41.2 Å². The number of aliphatic hydroxyl groups is 1. The number of rotatable bonds is 5. The second kappa shape index (κ2) is 8.07. The highest BCUT2D eigenvalue weighted by molar-refractivity contribution is 6.02. The maximum Gasteiger partial charge on any atom is 0.414 e. The Balaban J connectivity index is 1.80. The van der Waals surface area contributed by atoms with Crippen molar-refractivity contribution >= 4 is 29.0 Å². The molecule has 0 aliphatic carbocycles. The zero-order valence-corrected chi connectivity index (χ0v) is 17.8. The zero-order chi connectivity index (χ0) is 22.2. The molecule has 0 saturated heterocycles. The number of hydrogen-bond acceptors (Lipinski definition) is 5. The van der Waals surface area contributed by atoms with Crippen LogP contribution in [0.3, 0.4) is 0 Å². The largest absolute Gasteiger partial charge is 0.487 e. The first kappa shape index (κ1) is 20.9. The summed E-state index contributed by atoms with van der Waals surface area (Å²) in [6.45, 7) is 5.93. The van der Waals surface area contributed by atoms with Gasteiger partial charge in [-0.2, -0.15) is 0 Å². The molecule has 162 valence electrons. The van der Waals surface area contributed by atoms with Gasteiger partial charge < -0.3 is 19.6 Å². The van der Waals surface area contributed by atoms with E-state index in [-0.39, 0.29) is 12.5 Å². The number of H-pyrrole nitrogens is 1. The number of carbonyl (C=O) groups is 2. The van der Waals surface area contributed by atoms with Crippen molar-refractivity contribution < 1.29 is 24.2 Å². The molecule has 1 aliphatic heterocycles. The van der Waals surface area contributed by atoms with E-state index in [0.717, 1.165) is 22.8 Å². The molecule has 4 rings (SSSR count). The van der Waals surface area contributed by atoms with Crippen LogP contribution in [0.5, 0.6) is 5.75 Å². The van der Waals surface area contributed by atoms with Crippen molar-refractivity contribution in [2.24, 2.45) is 0 Å². The molecule has 31 heavy (non-hydrogen) atoms. The third kappa shape index (κ3) is 4.14. The quantitative estimate of drug-likeness (QED) is 0.595. The molecule has 2 aromatic carbocycles. The van der Waals surface area contributed by atoms with Crippen LogP contribution in [0.1, 0.15) is 48.3 Å². The summed E-state index contributed by atoms with van der Waals surface area (Å²) in [5.74, 6) is 0.237. The van der Waals surface area contributed by atoms with Crippen molar-refractivity contribution in [2.45, 2.75) is 38.9 Å². The number of nitrogens with one attached hydrogen (secondary N) is 1. The van der Waals surface area contributed by atoms with Crippen LogP contribution in [-0.2, 0) is 11.3 Å². The number of nitrogens with zero attached hydrogens (tertiary/aromatic N) is 1. The Bertz CT molecular complexity index is 1110. The lowest BCUT2D eigenvalue weighted by molar-refractivity contribution is 0.0580. The lowest BCUT2D eigenvalue weighted by atomic mass is 9.98. The maximum absolute atomic E-state index is 12.9. The van der Waals surface area contributed by atoms with Gasteiger partial charge in [0.1, 0.15) is 18.0 Å². The van der Waals surface area contributed by atoms with E-state index < -0.39 is 11.7 Å². The highest BCUT2D eigenvalue weighted by Crippen LogP contribution is 2.45. The van der Waals surface area contributed by atoms with E-state index in [2.05, 4.69) is 4.98 Å². The van der Waals surface area contributed by atoms with Crippen LogP contribution in [0.15, 0.2) is 42.5 Å². The van der Waals surface area contributed by atoms with Gasteiger partial charge in [0, 0.05) is 23.9 Å². The SMILES string of the molecule is CC(C)(C)OC(=O)N1CC(CO)c2c1cc(OCc1ccccc1)c1[nH]c(C=O)cc21. The monoisotopic (exact) mass is 422 g/mol. The number of aldehydes is 1. The smallest absolute Gasteiger partial charge is 0.414 e. The van der Waals surface area contributed by atoms with E-state index in [0.29, 0.717) is 35.8 Å². The lowest BCUT2D eigenvalue weighted by Crippen LogP contribution is -2.36. The Kier molecular flexibility index (Phi) is 5.45. The minimum atomic E-state index is -0.649. The molecule has 1 unspecified atom stereocenters. The van der Waals surface area contributed by atoms with Gasteiger partial charge in [0.2, 0.25) is 0 Å². The van der Waals surface area contributed by atoms with Gasteiger partial charge in [0.25, 0.3) is 0 Å². The number of aromatic amines is 1. The van der Waals surface area contributed by atoms with E-state index in [4.69, 9.17) is 9.47 Å². The molecule has 0 saturated carbocycles. The predicted octanol–water partition coefficient (Wildman–Crippen LogP) is 4.39. The molecule has 7 nitrogen and oxygen atoms in total. The first-order valence-corrected chi connectivity index (χ1v) is 10.2. The Morgan fingerprint density at radius 1 is 1.26 bits per heavy atom. The second-order valence-electron chi connectivity index (χ2n) is 8.68. The summed E-state index contributed by atoms with van der Waals surface area (Å²) < 4.78 is 11.7. The number of benzene rings is 2. The molecule has 2 N–H and O–H groups in total. The fourth-order valence-electron chi connectivity index (χ4n) is 3.91. The van der Waals surface area contributed by atoms with Gasteiger partial charge in [-0.05, 0) is 38.0 Å². The molecule has 0 radical (unpaired) electrons. The average molecular weight is 422 g/mol. The number of ether oxygens (including phenoxy) is 2. The van der Waals surface area contributed by atoms with Gasteiger partial charge in [0.05, 0.1) is 23.5 Å². The van der Waals surface area contributed by atoms with Crippen molar-refractivity contribution in [1.82, 2.24) is 4.98 Å². The number of carbonyl (C=O) groups excluding carboxylic acids is 2. The van der Waals surface area contributed by atoms with Crippen LogP contribution in [0.2, 0.25) is 0 Å². The van der Waals surface area contributed by atoms with Crippen molar-refractivity contribution in [3.63, 3.8) is 0 Å². The summed E-state index contributed by atoms with van der Waals surface area (Å²) in [6.07, 6.45) is 0.256. The van der Waals surface area contributed by atoms with Crippen molar-refractivity contribution in [1.29, 1.82) is 0 Å². The molecule has 7 heteroatoms. The van der Waals surface area contributed by atoms with E-state index >= 15 is 0 Å². The molecule has 0 fully saturated rings. The summed E-state index contributed by atoms with van der Waals surface area (Å²) in [6, 6.07) is 13.3. The average Bonchev–Trinajstić information content (AvgIpc) is 3.32. The van der Waals surface area contributed by atoms with Crippen LogP contribution in [0.25, 0.3) is 10.9 Å². The maximum atomic E-state index is 12.9. The Morgan fingerprint density at radius 3 is 2.65 bits per heavy atom. The highest BCUT2D eigenvalue weighted by Gasteiger charge is 2.37. The topological polar surface area (TPSA) is 91.9 Å². The summed E-state index contributed by atoms with van der Waals surface area (Å²) in [4.78, 5) is 29.0. The highest BCUT2D eigenvalue weighted by atomic mass is 16.6. The third-order valence-electron chi connectivity index (χ3n) is 5.22. The fraction of sp³-hybridized carbons (Fsp3) is 0.333. The molecular weight excluding hydrogens is 396 g/mol. The Labute approximate surface area is 180 Å². The van der Waals surface area contributed by atoms with E-state index in [1.54, 1.807) is 12.1 Å². The first-order valence-electron chi connectivity index (χ1n) is 10.2. The minimum absolute atomic E-state index is 0.132. The van der Waals surface area contributed by atoms with Crippen molar-refractivity contribution in [2.75, 3.05) is 18.1 Å². The standard InChI is InChI=1S/C24H26N2O5/c1-24(2,3)31-23(29)26-11-16(12-27)21-18-9-17(13-28)25-22(18)20(10-19(21)26)30-14-15-7-5-4-6-8-15/h4-10,13,16,25,27H,11-12,14H2,1-3H3. The van der Waals surface area contributed by atoms with Gasteiger partial charge >= 0.3 is 6.09 Å². The van der Waals surface area contributed by atoms with Crippen molar-refractivity contribution in [3.8, 4) is 5.75 Å². The van der Waals surface area contributed by atoms with Crippen LogP contribution in [0.4, 0.5) is 10.5 Å². The van der Waals surface area contributed by atoms with Crippen molar-refractivity contribution in [3.05, 3.63) is 59.3 Å². The van der Waals surface area contributed by atoms with E-state index in [1.807, 2.05) is 51.1 Å². The number of aliphatic hydroxyl groups excluding tert-OH is 1. The molecular formula is C24H26N2O5. The fourth-order valence-corrected chi connectivity index (χ4v) is 3.91. The van der Waals surface area contributed by atoms with E-state index in [9.17, 15) is 14.7 Å². The molecule has 1 aromatic heterocycles. The molecule has 3 aromatic rings. The number of hydrogen-bond donors (Lipinski definition) is 2. The zero-order valence-electron chi connectivity index (χ0n) is 17.8. The summed E-state index contributed by atoms with van der Waals surface area (Å²) in [7, 11) is 0. The Hall–Kier alpha value is -3.32. The number of amides is 1. The lowest BCUT2D eigenvalue weighted by Gasteiger charge is -2.25. The van der Waals surface area contributed by atoms with Crippen LogP contribution >= 0.6 is 0 Å². The number of anilines is 1. The van der Waals surface area contributed by atoms with Gasteiger partial charge in [-0.1, -0.05) is 30.3 Å². The Morgan fingerprint density at radius 2 is 2.00 bits per heavy atom.